The number of aryl methyl sites for hydroxylation is 1. The quantitative estimate of drug-likeness (QED) is 0.871. The fourth-order valence-corrected chi connectivity index (χ4v) is 1.56. The molecule has 0 atom stereocenters. The Kier molecular flexibility index (Phi) is 2.71. The molecule has 0 aliphatic heterocycles. The van der Waals surface area contributed by atoms with Gasteiger partial charge in [0, 0.05) is 24.2 Å². The number of hydrogen-bond donors (Lipinski definition) is 1. The average Bonchev–Trinajstić information content (AvgIpc) is 2.63. The summed E-state index contributed by atoms with van der Waals surface area (Å²) >= 11 is 0. The highest BCUT2D eigenvalue weighted by atomic mass is 19.1. The summed E-state index contributed by atoms with van der Waals surface area (Å²) in [4.78, 5) is 0. The second-order valence-electron chi connectivity index (χ2n) is 3.54. The van der Waals surface area contributed by atoms with E-state index < -0.39 is 11.6 Å². The first kappa shape index (κ1) is 11.4. The highest BCUT2D eigenvalue weighted by Crippen LogP contribution is 2.33. The molecule has 0 unspecified atom stereocenters. The van der Waals surface area contributed by atoms with Gasteiger partial charge in [0.25, 0.3) is 0 Å². The van der Waals surface area contributed by atoms with Gasteiger partial charge in [-0.3, -0.25) is 4.68 Å². The minimum Gasteiger partial charge on any atom is -0.494 e. The van der Waals surface area contributed by atoms with Gasteiger partial charge in [0.1, 0.15) is 11.6 Å². The first-order valence-electron chi connectivity index (χ1n) is 4.85. The molecule has 1 aromatic heterocycles. The van der Waals surface area contributed by atoms with Crippen LogP contribution in [0.1, 0.15) is 0 Å². The van der Waals surface area contributed by atoms with E-state index in [1.165, 1.54) is 18.0 Å². The van der Waals surface area contributed by atoms with Crippen molar-refractivity contribution >= 4 is 5.82 Å². The Morgan fingerprint density at radius 2 is 2.00 bits per heavy atom. The lowest BCUT2D eigenvalue weighted by molar-refractivity contribution is 0.383. The number of aromatic nitrogens is 2. The van der Waals surface area contributed by atoms with Gasteiger partial charge >= 0.3 is 0 Å². The summed E-state index contributed by atoms with van der Waals surface area (Å²) in [5, 5.41) is 3.88. The number of nitrogens with two attached hydrogens (primary N) is 1. The molecule has 90 valence electrons. The maximum absolute atomic E-state index is 13.9. The van der Waals surface area contributed by atoms with Crippen molar-refractivity contribution in [2.75, 3.05) is 12.8 Å². The van der Waals surface area contributed by atoms with E-state index in [-0.39, 0.29) is 17.1 Å². The second-order valence-corrected chi connectivity index (χ2v) is 3.54. The maximum Gasteiger partial charge on any atom is 0.173 e. The molecule has 0 saturated carbocycles. The molecule has 0 radical (unpaired) electrons. The van der Waals surface area contributed by atoms with Crippen molar-refractivity contribution in [1.82, 2.24) is 9.78 Å². The molecule has 0 fully saturated rings. The van der Waals surface area contributed by atoms with E-state index in [1.807, 2.05) is 0 Å². The van der Waals surface area contributed by atoms with Crippen LogP contribution in [0.5, 0.6) is 5.75 Å². The summed E-state index contributed by atoms with van der Waals surface area (Å²) in [7, 11) is 2.89. The van der Waals surface area contributed by atoms with E-state index in [9.17, 15) is 8.78 Å². The lowest BCUT2D eigenvalue weighted by Crippen LogP contribution is -1.99. The Morgan fingerprint density at radius 3 is 2.53 bits per heavy atom. The number of nitrogens with zero attached hydrogens (tertiary/aromatic N) is 2. The van der Waals surface area contributed by atoms with Crippen LogP contribution in [0.25, 0.3) is 11.1 Å². The molecule has 2 rings (SSSR count). The summed E-state index contributed by atoms with van der Waals surface area (Å²) in [5.74, 6) is -1.16. The lowest BCUT2D eigenvalue weighted by Gasteiger charge is -2.07. The molecular weight excluding hydrogens is 228 g/mol. The van der Waals surface area contributed by atoms with E-state index in [0.717, 1.165) is 12.1 Å². The average molecular weight is 239 g/mol. The number of benzene rings is 1. The predicted molar refractivity (Wildman–Crippen MR) is 59.5 cm³/mol. The predicted octanol–water partition coefficient (Wildman–Crippen LogP) is 1.96. The number of methoxy groups -OCH3 is 1. The Hall–Kier alpha value is -2.11. The van der Waals surface area contributed by atoms with Crippen molar-refractivity contribution in [2.24, 2.45) is 7.05 Å². The molecule has 0 aliphatic carbocycles. The molecule has 0 saturated heterocycles. The van der Waals surface area contributed by atoms with E-state index in [4.69, 9.17) is 10.5 Å². The smallest absolute Gasteiger partial charge is 0.173 e. The lowest BCUT2D eigenvalue weighted by atomic mass is 10.1. The number of anilines is 1. The van der Waals surface area contributed by atoms with Crippen LogP contribution in [0, 0.1) is 11.6 Å². The minimum atomic E-state index is -0.659. The Labute approximate surface area is 96.6 Å². The van der Waals surface area contributed by atoms with Crippen LogP contribution >= 0.6 is 0 Å². The third-order valence-corrected chi connectivity index (χ3v) is 2.50. The summed E-state index contributed by atoms with van der Waals surface area (Å²) in [6.45, 7) is 0. The summed E-state index contributed by atoms with van der Waals surface area (Å²) in [5.41, 5.74) is 6.09. The monoisotopic (exact) mass is 239 g/mol. The molecular formula is C11H11F2N3O. The van der Waals surface area contributed by atoms with Crippen molar-refractivity contribution in [3.63, 3.8) is 0 Å². The van der Waals surface area contributed by atoms with E-state index >= 15 is 0 Å². The van der Waals surface area contributed by atoms with Gasteiger partial charge in [0.05, 0.1) is 13.3 Å². The van der Waals surface area contributed by atoms with Gasteiger partial charge < -0.3 is 10.5 Å². The molecule has 0 bridgehead atoms. The number of rotatable bonds is 2. The summed E-state index contributed by atoms with van der Waals surface area (Å²) in [6, 6.07) is 2.04. The largest absolute Gasteiger partial charge is 0.494 e. The minimum absolute atomic E-state index is 0.0347. The first-order valence-corrected chi connectivity index (χ1v) is 4.85. The van der Waals surface area contributed by atoms with E-state index in [0.29, 0.717) is 5.56 Å². The Balaban J connectivity index is 2.67. The van der Waals surface area contributed by atoms with Gasteiger partial charge in [-0.05, 0) is 6.07 Å². The first-order chi connectivity index (χ1) is 8.04. The molecule has 0 amide bonds. The van der Waals surface area contributed by atoms with Gasteiger partial charge in [-0.1, -0.05) is 0 Å². The third kappa shape index (κ3) is 1.82. The van der Waals surface area contributed by atoms with Crippen LogP contribution in [0.3, 0.4) is 0 Å². The van der Waals surface area contributed by atoms with Gasteiger partial charge in [0.2, 0.25) is 0 Å². The number of ether oxygens (including phenoxy) is 1. The molecule has 2 N–H and O–H groups in total. The van der Waals surface area contributed by atoms with Crippen LogP contribution in [0.4, 0.5) is 14.6 Å². The van der Waals surface area contributed by atoms with Crippen molar-refractivity contribution in [1.29, 1.82) is 0 Å². The molecule has 17 heavy (non-hydrogen) atoms. The van der Waals surface area contributed by atoms with Gasteiger partial charge in [-0.2, -0.15) is 5.10 Å². The summed E-state index contributed by atoms with van der Waals surface area (Å²) < 4.78 is 33.4. The standard InChI is InChI=1S/C11H11F2N3O/c1-16-11(14)8(5-15-16)7-3-6(12)4-9(17-2)10(7)13/h3-5H,14H2,1-2H3. The van der Waals surface area contributed by atoms with Crippen molar-refractivity contribution in [3.8, 4) is 16.9 Å². The normalized spacial score (nSPS) is 10.6. The molecule has 0 spiro atoms. The van der Waals surface area contributed by atoms with Crippen molar-refractivity contribution in [3.05, 3.63) is 30.0 Å². The van der Waals surface area contributed by atoms with Crippen LogP contribution < -0.4 is 10.5 Å². The van der Waals surface area contributed by atoms with Gasteiger partial charge in [-0.25, -0.2) is 8.78 Å². The van der Waals surface area contributed by atoms with Crippen LogP contribution in [0.15, 0.2) is 18.3 Å². The molecule has 2 aromatic rings. The highest BCUT2D eigenvalue weighted by Gasteiger charge is 2.17. The van der Waals surface area contributed by atoms with Crippen LogP contribution in [-0.2, 0) is 7.05 Å². The Bertz CT molecular complexity index is 566. The number of halogens is 2. The van der Waals surface area contributed by atoms with Crippen molar-refractivity contribution in [2.45, 2.75) is 0 Å². The fourth-order valence-electron chi connectivity index (χ4n) is 1.56. The molecule has 1 aromatic carbocycles. The molecule has 6 heteroatoms. The molecule has 1 heterocycles. The highest BCUT2D eigenvalue weighted by molar-refractivity contribution is 5.75. The van der Waals surface area contributed by atoms with Gasteiger partial charge in [0.15, 0.2) is 11.6 Å². The topological polar surface area (TPSA) is 53.1 Å². The Morgan fingerprint density at radius 1 is 1.29 bits per heavy atom. The molecule has 4 nitrogen and oxygen atoms in total. The van der Waals surface area contributed by atoms with Crippen LogP contribution in [0.2, 0.25) is 0 Å². The summed E-state index contributed by atoms with van der Waals surface area (Å²) in [6.07, 6.45) is 1.38. The maximum atomic E-state index is 13.9. The fraction of sp³-hybridized carbons (Fsp3) is 0.182. The van der Waals surface area contributed by atoms with E-state index in [1.54, 1.807) is 7.05 Å². The second kappa shape index (κ2) is 4.04. The third-order valence-electron chi connectivity index (χ3n) is 2.50. The molecule has 0 aliphatic rings. The zero-order valence-corrected chi connectivity index (χ0v) is 9.37. The number of hydrogen-bond acceptors (Lipinski definition) is 3. The zero-order chi connectivity index (χ0) is 12.6. The zero-order valence-electron chi connectivity index (χ0n) is 9.37. The van der Waals surface area contributed by atoms with Gasteiger partial charge in [-0.15, -0.1) is 0 Å². The van der Waals surface area contributed by atoms with Crippen molar-refractivity contribution < 1.29 is 13.5 Å². The SMILES string of the molecule is COc1cc(F)cc(-c2cnn(C)c2N)c1F. The van der Waals surface area contributed by atoms with Crippen LogP contribution in [-0.4, -0.2) is 16.9 Å². The number of nitrogen functional groups attached to an aromatic ring is 1. The van der Waals surface area contributed by atoms with E-state index in [2.05, 4.69) is 5.10 Å².